The number of aromatic nitrogens is 2. The highest BCUT2D eigenvalue weighted by Gasteiger charge is 2.27. The Morgan fingerprint density at radius 3 is 2.52 bits per heavy atom. The smallest absolute Gasteiger partial charge is 0.433 e. The molecule has 0 unspecified atom stereocenters. The van der Waals surface area contributed by atoms with Gasteiger partial charge in [-0.2, -0.15) is 0 Å². The first kappa shape index (κ1) is 12.7. The molecule has 3 aromatic rings. The molecule has 106 valence electrons. The molecule has 1 N–H and O–H groups in total. The van der Waals surface area contributed by atoms with Crippen molar-refractivity contribution in [3.05, 3.63) is 64.0 Å². The van der Waals surface area contributed by atoms with Gasteiger partial charge in [-0.15, -0.1) is 0 Å². The van der Waals surface area contributed by atoms with Crippen LogP contribution >= 0.6 is 0 Å². The monoisotopic (exact) mass is 287 g/mol. The molecule has 0 spiro atoms. The van der Waals surface area contributed by atoms with Crippen LogP contribution in [-0.4, -0.2) is 14.9 Å². The summed E-state index contributed by atoms with van der Waals surface area (Å²) in [4.78, 5) is 9.88. The van der Waals surface area contributed by atoms with Crippen LogP contribution in [-0.2, 0) is 0 Å². The van der Waals surface area contributed by atoms with Crippen LogP contribution in [0.5, 0.6) is 0 Å². The molecule has 0 bridgehead atoms. The summed E-state index contributed by atoms with van der Waals surface area (Å²) in [7, 11) is 0. The number of nitro groups is 1. The third-order valence-corrected chi connectivity index (χ3v) is 2.93. The molecule has 8 heteroatoms. The van der Waals surface area contributed by atoms with E-state index in [9.17, 15) is 20.5 Å². The summed E-state index contributed by atoms with van der Waals surface area (Å²) in [6.45, 7) is 0. The molecule has 0 saturated heterocycles. The zero-order valence-electron chi connectivity index (χ0n) is 10.5. The summed E-state index contributed by atoms with van der Waals surface area (Å²) in [6.07, 6.45) is 1.21. The van der Waals surface area contributed by atoms with Crippen molar-refractivity contribution in [3.63, 3.8) is 0 Å². The average Bonchev–Trinajstić information content (AvgIpc) is 3.05. The minimum atomic E-state index is -0.721. The molecule has 0 aliphatic rings. The van der Waals surface area contributed by atoms with Gasteiger partial charge < -0.3 is 14.8 Å². The van der Waals surface area contributed by atoms with Gasteiger partial charge in [-0.1, -0.05) is 30.3 Å². The molecule has 0 fully saturated rings. The lowest BCUT2D eigenvalue weighted by atomic mass is 10.2. The molecule has 2 aromatic heterocycles. The highest BCUT2D eigenvalue weighted by molar-refractivity contribution is 5.58. The van der Waals surface area contributed by atoms with Crippen LogP contribution in [0.2, 0.25) is 0 Å². The summed E-state index contributed by atoms with van der Waals surface area (Å²) < 4.78 is 5.98. The van der Waals surface area contributed by atoms with Crippen LogP contribution in [0.25, 0.3) is 22.8 Å². The van der Waals surface area contributed by atoms with Gasteiger partial charge >= 0.3 is 11.7 Å². The van der Waals surface area contributed by atoms with Gasteiger partial charge in [0.1, 0.15) is 4.92 Å². The van der Waals surface area contributed by atoms with Crippen molar-refractivity contribution in [1.29, 1.82) is 0 Å². The summed E-state index contributed by atoms with van der Waals surface area (Å²) in [5, 5.41) is 32.7. The second-order valence-corrected chi connectivity index (χ2v) is 4.24. The minimum Gasteiger partial charge on any atom is -0.710 e. The molecule has 0 atom stereocenters. The standard InChI is InChI=1S/C13H9N3O5/c17-14-8-10(9-4-2-1-3-5-9)15(18)13(14)11-6-7-12(21-11)16(19)20/h1-8,17H. The average molecular weight is 287 g/mol. The van der Waals surface area contributed by atoms with Crippen LogP contribution in [0.15, 0.2) is 53.1 Å². The Kier molecular flexibility index (Phi) is 2.83. The maximum Gasteiger partial charge on any atom is 0.433 e. The SMILES string of the molecule is O=[N+]([O-])c1ccc(-c2n(O)cc(-c3ccccc3)[n+]2[O-])o1. The Morgan fingerprint density at radius 1 is 1.19 bits per heavy atom. The first-order valence-corrected chi connectivity index (χ1v) is 5.92. The van der Waals surface area contributed by atoms with Gasteiger partial charge in [0.05, 0.1) is 6.07 Å². The van der Waals surface area contributed by atoms with Gasteiger partial charge in [0.25, 0.3) is 0 Å². The molecule has 8 nitrogen and oxygen atoms in total. The minimum absolute atomic E-state index is 0.0959. The number of rotatable bonds is 3. The highest BCUT2D eigenvalue weighted by Crippen LogP contribution is 2.26. The van der Waals surface area contributed by atoms with Crippen molar-refractivity contribution in [2.45, 2.75) is 0 Å². The molecule has 0 aliphatic heterocycles. The molecule has 0 amide bonds. The maximum absolute atomic E-state index is 12.3. The van der Waals surface area contributed by atoms with E-state index >= 15 is 0 Å². The van der Waals surface area contributed by atoms with E-state index in [1.165, 1.54) is 12.3 Å². The second-order valence-electron chi connectivity index (χ2n) is 4.24. The zero-order valence-corrected chi connectivity index (χ0v) is 10.5. The van der Waals surface area contributed by atoms with Gasteiger partial charge in [0, 0.05) is 11.6 Å². The van der Waals surface area contributed by atoms with Crippen LogP contribution < -0.4 is 4.73 Å². The Morgan fingerprint density at radius 2 is 1.90 bits per heavy atom. The van der Waals surface area contributed by atoms with E-state index in [-0.39, 0.29) is 17.3 Å². The van der Waals surface area contributed by atoms with E-state index in [1.807, 2.05) is 0 Å². The van der Waals surface area contributed by atoms with Crippen LogP contribution in [0.4, 0.5) is 5.88 Å². The van der Waals surface area contributed by atoms with Crippen molar-refractivity contribution < 1.29 is 19.3 Å². The normalized spacial score (nSPS) is 10.7. The Labute approximate surface area is 117 Å². The molecule has 1 aromatic carbocycles. The molecule has 2 heterocycles. The maximum atomic E-state index is 12.3. The Hall–Kier alpha value is -3.29. The van der Waals surface area contributed by atoms with E-state index in [2.05, 4.69) is 0 Å². The highest BCUT2D eigenvalue weighted by atomic mass is 16.6. The number of hydrogen-bond donors (Lipinski definition) is 1. The van der Waals surface area contributed by atoms with Crippen molar-refractivity contribution in [2.75, 3.05) is 0 Å². The molecule has 0 aliphatic carbocycles. The van der Waals surface area contributed by atoms with E-state index in [0.717, 1.165) is 6.07 Å². The fourth-order valence-corrected chi connectivity index (χ4v) is 2.00. The van der Waals surface area contributed by atoms with Crippen molar-refractivity contribution in [3.8, 4) is 22.8 Å². The first-order valence-electron chi connectivity index (χ1n) is 5.92. The van der Waals surface area contributed by atoms with Crippen LogP contribution in [0.1, 0.15) is 0 Å². The number of imidazole rings is 1. The van der Waals surface area contributed by atoms with E-state index in [0.29, 0.717) is 15.0 Å². The first-order chi connectivity index (χ1) is 10.1. The molecular formula is C13H9N3O5. The zero-order chi connectivity index (χ0) is 15.0. The summed E-state index contributed by atoms with van der Waals surface area (Å²) in [6, 6.07) is 11.1. The fraction of sp³-hybridized carbons (Fsp3) is 0. The van der Waals surface area contributed by atoms with Crippen molar-refractivity contribution in [2.24, 2.45) is 0 Å². The van der Waals surface area contributed by atoms with Crippen molar-refractivity contribution in [1.82, 2.24) is 4.73 Å². The van der Waals surface area contributed by atoms with Gasteiger partial charge in [-0.05, 0) is 4.73 Å². The number of furan rings is 1. The number of nitrogens with zero attached hydrogens (tertiary/aromatic N) is 3. The van der Waals surface area contributed by atoms with Crippen molar-refractivity contribution >= 4 is 5.88 Å². The quantitative estimate of drug-likeness (QED) is 0.261. The number of benzene rings is 1. The van der Waals surface area contributed by atoms with E-state index < -0.39 is 10.8 Å². The van der Waals surface area contributed by atoms with Crippen LogP contribution in [0, 0.1) is 15.3 Å². The Bertz CT molecular complexity index is 807. The van der Waals surface area contributed by atoms with E-state index in [4.69, 9.17) is 4.42 Å². The lowest BCUT2D eigenvalue weighted by molar-refractivity contribution is -0.583. The van der Waals surface area contributed by atoms with E-state index in [1.54, 1.807) is 30.3 Å². The molecule has 0 saturated carbocycles. The fourth-order valence-electron chi connectivity index (χ4n) is 2.00. The summed E-state index contributed by atoms with van der Waals surface area (Å²) in [5.74, 6) is -0.837. The van der Waals surface area contributed by atoms with Gasteiger partial charge in [0.2, 0.25) is 5.76 Å². The Balaban J connectivity index is 2.12. The lowest BCUT2D eigenvalue weighted by Gasteiger charge is -2.04. The van der Waals surface area contributed by atoms with Gasteiger partial charge in [-0.25, -0.2) is 4.73 Å². The summed E-state index contributed by atoms with van der Waals surface area (Å²) in [5.41, 5.74) is 0.801. The molecule has 0 radical (unpaired) electrons. The lowest BCUT2D eigenvalue weighted by Crippen LogP contribution is -2.29. The topological polar surface area (TPSA) is 108 Å². The molecular weight excluding hydrogens is 278 g/mol. The van der Waals surface area contributed by atoms with Crippen LogP contribution in [0.3, 0.4) is 0 Å². The largest absolute Gasteiger partial charge is 0.710 e. The predicted molar refractivity (Wildman–Crippen MR) is 70.4 cm³/mol. The molecule has 21 heavy (non-hydrogen) atoms. The second kappa shape index (κ2) is 4.67. The summed E-state index contributed by atoms with van der Waals surface area (Å²) >= 11 is 0. The van der Waals surface area contributed by atoms with Gasteiger partial charge in [-0.3, -0.25) is 10.1 Å². The molecule has 3 rings (SSSR count). The van der Waals surface area contributed by atoms with Gasteiger partial charge in [0.15, 0.2) is 11.9 Å². The third kappa shape index (κ3) is 2.08. The number of hydrogen-bond acceptors (Lipinski definition) is 5. The third-order valence-electron chi connectivity index (χ3n) is 2.93. The predicted octanol–water partition coefficient (Wildman–Crippen LogP) is 2.19.